The monoisotopic (exact) mass is 381 g/mol. The van der Waals surface area contributed by atoms with Crippen molar-refractivity contribution in [3.63, 3.8) is 0 Å². The van der Waals surface area contributed by atoms with E-state index in [1.165, 1.54) is 0 Å². The Labute approximate surface area is 141 Å². The highest BCUT2D eigenvalue weighted by atomic mass is 79.9. The van der Waals surface area contributed by atoms with Gasteiger partial charge in [-0.25, -0.2) is 4.79 Å². The van der Waals surface area contributed by atoms with E-state index in [0.717, 1.165) is 14.2 Å². The van der Waals surface area contributed by atoms with Gasteiger partial charge in [0, 0.05) is 11.4 Å². The molecule has 0 aliphatic rings. The topological polar surface area (TPSA) is 66.4 Å². The van der Waals surface area contributed by atoms with Gasteiger partial charge in [0.1, 0.15) is 0 Å². The summed E-state index contributed by atoms with van der Waals surface area (Å²) in [6, 6.07) is 10.6. The average Bonchev–Trinajstić information content (AvgIpc) is 2.93. The molecule has 0 saturated carbocycles. The van der Waals surface area contributed by atoms with Crippen LogP contribution < -0.4 is 5.32 Å². The van der Waals surface area contributed by atoms with E-state index in [1.807, 2.05) is 25.1 Å². The molecule has 1 unspecified atom stereocenters. The first kappa shape index (κ1) is 16.7. The third kappa shape index (κ3) is 4.42. The van der Waals surface area contributed by atoms with Crippen LogP contribution in [0.15, 0.2) is 40.2 Å². The largest absolute Gasteiger partial charge is 0.478 e. The molecule has 2 N–H and O–H groups in total. The van der Waals surface area contributed by atoms with Crippen molar-refractivity contribution in [2.75, 3.05) is 6.54 Å². The summed E-state index contributed by atoms with van der Waals surface area (Å²) in [4.78, 5) is 24.0. The summed E-state index contributed by atoms with van der Waals surface area (Å²) >= 11 is 4.94. The Morgan fingerprint density at radius 2 is 2.09 bits per heavy atom. The van der Waals surface area contributed by atoms with Gasteiger partial charge >= 0.3 is 5.97 Å². The number of thiophene rings is 1. The summed E-state index contributed by atoms with van der Waals surface area (Å²) in [7, 11) is 0. The lowest BCUT2D eigenvalue weighted by Gasteiger charge is -2.10. The number of halogens is 1. The smallest absolute Gasteiger partial charge is 0.335 e. The summed E-state index contributed by atoms with van der Waals surface area (Å²) in [6.45, 7) is 2.36. The second-order valence-corrected chi connectivity index (χ2v) is 7.40. The van der Waals surface area contributed by atoms with Gasteiger partial charge in [0.2, 0.25) is 5.91 Å². The average molecular weight is 382 g/mol. The summed E-state index contributed by atoms with van der Waals surface area (Å²) in [5, 5.41) is 11.8. The lowest BCUT2D eigenvalue weighted by atomic mass is 10.1. The zero-order valence-electron chi connectivity index (χ0n) is 12.0. The quantitative estimate of drug-likeness (QED) is 0.801. The lowest BCUT2D eigenvalue weighted by molar-refractivity contribution is -0.122. The molecule has 0 saturated heterocycles. The van der Waals surface area contributed by atoms with E-state index in [0.29, 0.717) is 13.0 Å². The van der Waals surface area contributed by atoms with Crippen molar-refractivity contribution in [1.29, 1.82) is 0 Å². The Morgan fingerprint density at radius 1 is 1.32 bits per heavy atom. The number of hydrogen-bond donors (Lipinski definition) is 2. The van der Waals surface area contributed by atoms with E-state index >= 15 is 0 Å². The van der Waals surface area contributed by atoms with Gasteiger partial charge in [0.15, 0.2) is 0 Å². The fourth-order valence-electron chi connectivity index (χ4n) is 2.03. The molecule has 0 aliphatic carbocycles. The van der Waals surface area contributed by atoms with Crippen LogP contribution in [0.3, 0.4) is 0 Å². The number of benzene rings is 1. The van der Waals surface area contributed by atoms with Crippen molar-refractivity contribution in [3.8, 4) is 0 Å². The Balaban J connectivity index is 1.86. The van der Waals surface area contributed by atoms with Crippen LogP contribution in [0.4, 0.5) is 0 Å². The highest BCUT2D eigenvalue weighted by Crippen LogP contribution is 2.28. The Morgan fingerprint density at radius 3 is 2.73 bits per heavy atom. The van der Waals surface area contributed by atoms with Gasteiger partial charge in [-0.3, -0.25) is 4.79 Å². The molecule has 1 heterocycles. The number of aromatic carboxylic acids is 1. The molecular weight excluding hydrogens is 366 g/mol. The minimum atomic E-state index is -0.942. The van der Waals surface area contributed by atoms with Gasteiger partial charge in [-0.15, -0.1) is 11.3 Å². The summed E-state index contributed by atoms with van der Waals surface area (Å²) in [5.41, 5.74) is 1.16. The first-order valence-corrected chi connectivity index (χ1v) is 8.43. The highest BCUT2D eigenvalue weighted by molar-refractivity contribution is 9.11. The van der Waals surface area contributed by atoms with E-state index in [4.69, 9.17) is 5.11 Å². The van der Waals surface area contributed by atoms with Crippen LogP contribution in [0.5, 0.6) is 0 Å². The number of carboxylic acid groups (broad SMARTS) is 1. The van der Waals surface area contributed by atoms with Gasteiger partial charge < -0.3 is 10.4 Å². The predicted octanol–water partition coefficient (Wildman–Crippen LogP) is 3.67. The maximum absolute atomic E-state index is 12.1. The van der Waals surface area contributed by atoms with E-state index in [2.05, 4.69) is 21.2 Å². The van der Waals surface area contributed by atoms with Crippen LogP contribution >= 0.6 is 27.3 Å². The molecule has 4 nitrogen and oxygen atoms in total. The van der Waals surface area contributed by atoms with Gasteiger partial charge in [-0.05, 0) is 59.1 Å². The SMILES string of the molecule is CC(C(=O)NCCc1cccc(C(=O)O)c1)c1ccc(Br)s1. The van der Waals surface area contributed by atoms with Crippen molar-refractivity contribution in [1.82, 2.24) is 5.32 Å². The standard InChI is InChI=1S/C16H16BrNO3S/c1-10(13-5-6-14(17)22-13)15(19)18-8-7-11-3-2-4-12(9-11)16(20)21/h2-6,9-10H,7-8H2,1H3,(H,18,19)(H,20,21). The lowest BCUT2D eigenvalue weighted by Crippen LogP contribution is -2.29. The molecule has 1 aromatic heterocycles. The van der Waals surface area contributed by atoms with Crippen molar-refractivity contribution in [2.45, 2.75) is 19.3 Å². The molecule has 1 aromatic carbocycles. The normalized spacial score (nSPS) is 11.9. The highest BCUT2D eigenvalue weighted by Gasteiger charge is 2.16. The molecule has 116 valence electrons. The number of carbonyl (C=O) groups is 2. The van der Waals surface area contributed by atoms with Crippen molar-refractivity contribution >= 4 is 39.1 Å². The predicted molar refractivity (Wildman–Crippen MR) is 90.5 cm³/mol. The van der Waals surface area contributed by atoms with Crippen LogP contribution in [0, 0.1) is 0 Å². The molecule has 0 bridgehead atoms. The van der Waals surface area contributed by atoms with Crippen molar-refractivity contribution < 1.29 is 14.7 Å². The summed E-state index contributed by atoms with van der Waals surface area (Å²) in [5.74, 6) is -1.16. The van der Waals surface area contributed by atoms with Gasteiger partial charge in [-0.2, -0.15) is 0 Å². The zero-order chi connectivity index (χ0) is 16.1. The molecule has 6 heteroatoms. The number of carbonyl (C=O) groups excluding carboxylic acids is 1. The second kappa shape index (κ2) is 7.56. The molecule has 0 aliphatic heterocycles. The third-order valence-electron chi connectivity index (χ3n) is 3.30. The van der Waals surface area contributed by atoms with Crippen LogP contribution in [0.2, 0.25) is 0 Å². The first-order chi connectivity index (χ1) is 10.5. The Bertz CT molecular complexity index is 684. The fraction of sp³-hybridized carbons (Fsp3) is 0.250. The molecule has 1 amide bonds. The number of carboxylic acids is 1. The van der Waals surface area contributed by atoms with E-state index < -0.39 is 5.97 Å². The van der Waals surface area contributed by atoms with E-state index in [1.54, 1.807) is 29.5 Å². The summed E-state index contributed by atoms with van der Waals surface area (Å²) < 4.78 is 1.01. The first-order valence-electron chi connectivity index (χ1n) is 6.82. The number of rotatable bonds is 6. The minimum Gasteiger partial charge on any atom is -0.478 e. The maximum Gasteiger partial charge on any atom is 0.335 e. The molecule has 0 radical (unpaired) electrons. The van der Waals surface area contributed by atoms with E-state index in [9.17, 15) is 9.59 Å². The van der Waals surface area contributed by atoms with Gasteiger partial charge in [-0.1, -0.05) is 12.1 Å². The Hall–Kier alpha value is -1.66. The van der Waals surface area contributed by atoms with Crippen LogP contribution in [-0.4, -0.2) is 23.5 Å². The number of hydrogen-bond acceptors (Lipinski definition) is 3. The molecule has 0 spiro atoms. The zero-order valence-corrected chi connectivity index (χ0v) is 14.4. The Kier molecular flexibility index (Phi) is 5.74. The molecule has 0 fully saturated rings. The van der Waals surface area contributed by atoms with Gasteiger partial charge in [0.25, 0.3) is 0 Å². The number of nitrogens with one attached hydrogen (secondary N) is 1. The molecular formula is C16H16BrNO3S. The fourth-order valence-corrected chi connectivity index (χ4v) is 3.51. The van der Waals surface area contributed by atoms with Crippen molar-refractivity contribution in [2.24, 2.45) is 0 Å². The molecule has 2 rings (SSSR count). The van der Waals surface area contributed by atoms with Crippen molar-refractivity contribution in [3.05, 3.63) is 56.2 Å². The molecule has 2 aromatic rings. The maximum atomic E-state index is 12.1. The minimum absolute atomic E-state index is 0.0243. The van der Waals surface area contributed by atoms with Crippen LogP contribution in [0.25, 0.3) is 0 Å². The molecule has 1 atom stereocenters. The molecule has 22 heavy (non-hydrogen) atoms. The van der Waals surface area contributed by atoms with E-state index in [-0.39, 0.29) is 17.4 Å². The van der Waals surface area contributed by atoms with Crippen LogP contribution in [0.1, 0.15) is 33.6 Å². The number of amides is 1. The summed E-state index contributed by atoms with van der Waals surface area (Å²) in [6.07, 6.45) is 0.605. The third-order valence-corrected chi connectivity index (χ3v) is 5.11. The second-order valence-electron chi connectivity index (χ2n) is 4.91. The van der Waals surface area contributed by atoms with Gasteiger partial charge in [0.05, 0.1) is 15.3 Å². The van der Waals surface area contributed by atoms with Crippen LogP contribution in [-0.2, 0) is 11.2 Å².